The Morgan fingerprint density at radius 2 is 1.83 bits per heavy atom. The second-order valence-corrected chi connectivity index (χ2v) is 7.64. The lowest BCUT2D eigenvalue weighted by Crippen LogP contribution is -2.53. The summed E-state index contributed by atoms with van der Waals surface area (Å²) < 4.78 is 28.4. The Morgan fingerprint density at radius 3 is 2.35 bits per heavy atom. The summed E-state index contributed by atoms with van der Waals surface area (Å²) in [7, 11) is -3.50. The molecule has 0 aliphatic carbocycles. The Morgan fingerprint density at radius 1 is 1.22 bits per heavy atom. The molecule has 126 valence electrons. The summed E-state index contributed by atoms with van der Waals surface area (Å²) in [5, 5.41) is 8.92. The van der Waals surface area contributed by atoms with Gasteiger partial charge in [-0.3, -0.25) is 0 Å². The second kappa shape index (κ2) is 7.77. The van der Waals surface area contributed by atoms with E-state index in [1.54, 1.807) is 6.92 Å². The van der Waals surface area contributed by atoms with E-state index in [2.05, 4.69) is 11.0 Å². The van der Waals surface area contributed by atoms with E-state index in [1.807, 2.05) is 37.3 Å². The van der Waals surface area contributed by atoms with Crippen molar-refractivity contribution in [1.82, 2.24) is 8.61 Å². The van der Waals surface area contributed by atoms with Gasteiger partial charge in [0.25, 0.3) is 10.2 Å². The van der Waals surface area contributed by atoms with Crippen molar-refractivity contribution in [2.75, 3.05) is 44.2 Å². The van der Waals surface area contributed by atoms with Crippen molar-refractivity contribution >= 4 is 15.9 Å². The Balaban J connectivity index is 2.01. The predicted molar refractivity (Wildman–Crippen MR) is 91.2 cm³/mol. The van der Waals surface area contributed by atoms with E-state index in [4.69, 9.17) is 5.26 Å². The van der Waals surface area contributed by atoms with Crippen molar-refractivity contribution in [2.24, 2.45) is 5.92 Å². The van der Waals surface area contributed by atoms with Crippen LogP contribution in [0.15, 0.2) is 30.3 Å². The van der Waals surface area contributed by atoms with Gasteiger partial charge in [0, 0.05) is 45.0 Å². The van der Waals surface area contributed by atoms with Gasteiger partial charge in [-0.2, -0.15) is 22.3 Å². The minimum atomic E-state index is -3.50. The smallest absolute Gasteiger partial charge is 0.282 e. The number of para-hydroxylation sites is 1. The first-order valence-corrected chi connectivity index (χ1v) is 9.33. The lowest BCUT2D eigenvalue weighted by Gasteiger charge is -2.37. The number of benzene rings is 1. The molecule has 1 aliphatic rings. The van der Waals surface area contributed by atoms with Crippen LogP contribution in [0.3, 0.4) is 0 Å². The molecule has 1 fully saturated rings. The molecule has 1 unspecified atom stereocenters. The molecular weight excluding hydrogens is 312 g/mol. The number of rotatable bonds is 6. The molecule has 1 aromatic rings. The van der Waals surface area contributed by atoms with Crippen LogP contribution in [-0.4, -0.2) is 56.3 Å². The van der Waals surface area contributed by atoms with Gasteiger partial charge in [0.2, 0.25) is 0 Å². The first-order chi connectivity index (χ1) is 11.0. The quantitative estimate of drug-likeness (QED) is 0.790. The van der Waals surface area contributed by atoms with E-state index >= 15 is 0 Å². The summed E-state index contributed by atoms with van der Waals surface area (Å²) in [6.07, 6.45) is 0. The van der Waals surface area contributed by atoms with Gasteiger partial charge in [-0.15, -0.1) is 0 Å². The lowest BCUT2D eigenvalue weighted by atomic mass is 10.2. The fourth-order valence-electron chi connectivity index (χ4n) is 2.71. The maximum Gasteiger partial charge on any atom is 0.282 e. The van der Waals surface area contributed by atoms with Crippen molar-refractivity contribution in [1.29, 1.82) is 5.26 Å². The third kappa shape index (κ3) is 4.22. The van der Waals surface area contributed by atoms with Gasteiger partial charge in [0.1, 0.15) is 0 Å². The molecule has 0 saturated carbocycles. The summed E-state index contributed by atoms with van der Waals surface area (Å²) in [5.41, 5.74) is 1.12. The molecule has 1 aliphatic heterocycles. The monoisotopic (exact) mass is 336 g/mol. The molecule has 2 rings (SSSR count). The van der Waals surface area contributed by atoms with Crippen LogP contribution in [0.4, 0.5) is 5.69 Å². The van der Waals surface area contributed by atoms with Crippen molar-refractivity contribution < 1.29 is 8.42 Å². The van der Waals surface area contributed by atoms with E-state index < -0.39 is 10.2 Å². The zero-order valence-corrected chi connectivity index (χ0v) is 14.5. The zero-order valence-electron chi connectivity index (χ0n) is 13.7. The van der Waals surface area contributed by atoms with Crippen molar-refractivity contribution in [3.05, 3.63) is 30.3 Å². The Labute approximate surface area is 139 Å². The van der Waals surface area contributed by atoms with Crippen LogP contribution < -0.4 is 4.90 Å². The summed E-state index contributed by atoms with van der Waals surface area (Å²) in [4.78, 5) is 2.19. The third-order valence-electron chi connectivity index (χ3n) is 4.06. The fraction of sp³-hybridized carbons (Fsp3) is 0.562. The van der Waals surface area contributed by atoms with Crippen LogP contribution in [0.2, 0.25) is 0 Å². The number of nitriles is 1. The average Bonchev–Trinajstić information content (AvgIpc) is 2.60. The first-order valence-electron chi connectivity index (χ1n) is 7.94. The van der Waals surface area contributed by atoms with Crippen molar-refractivity contribution in [3.63, 3.8) is 0 Å². The third-order valence-corrected chi connectivity index (χ3v) is 6.14. The summed E-state index contributed by atoms with van der Waals surface area (Å²) in [6.45, 7) is 6.46. The van der Waals surface area contributed by atoms with Gasteiger partial charge < -0.3 is 4.90 Å². The molecule has 0 radical (unpaired) electrons. The molecule has 0 spiro atoms. The number of nitrogens with zero attached hydrogens (tertiary/aromatic N) is 4. The first kappa shape index (κ1) is 17.7. The SMILES string of the molecule is CCN(CC(C)C#N)S(=O)(=O)N1CCN(c2ccccc2)CC1. The molecule has 0 aromatic heterocycles. The Bertz CT molecular complexity index is 634. The van der Waals surface area contributed by atoms with Crippen molar-refractivity contribution in [2.45, 2.75) is 13.8 Å². The second-order valence-electron chi connectivity index (χ2n) is 5.71. The van der Waals surface area contributed by atoms with Crippen LogP contribution in [0.25, 0.3) is 0 Å². The topological polar surface area (TPSA) is 67.6 Å². The highest BCUT2D eigenvalue weighted by atomic mass is 32.2. The zero-order chi connectivity index (χ0) is 16.9. The van der Waals surface area contributed by atoms with Gasteiger partial charge in [-0.05, 0) is 19.1 Å². The fourth-order valence-corrected chi connectivity index (χ4v) is 4.40. The Kier molecular flexibility index (Phi) is 5.99. The minimum absolute atomic E-state index is 0.244. The highest BCUT2D eigenvalue weighted by Gasteiger charge is 2.32. The molecule has 1 aromatic carbocycles. The highest BCUT2D eigenvalue weighted by Crippen LogP contribution is 2.19. The van der Waals surface area contributed by atoms with Crippen LogP contribution >= 0.6 is 0 Å². The maximum atomic E-state index is 12.7. The summed E-state index contributed by atoms with van der Waals surface area (Å²) in [6, 6.07) is 12.1. The molecule has 1 heterocycles. The lowest BCUT2D eigenvalue weighted by molar-refractivity contribution is 0.320. The van der Waals surface area contributed by atoms with Crippen molar-refractivity contribution in [3.8, 4) is 6.07 Å². The van der Waals surface area contributed by atoms with Gasteiger partial charge in [-0.25, -0.2) is 0 Å². The normalized spacial score (nSPS) is 17.9. The summed E-state index contributed by atoms with van der Waals surface area (Å²) >= 11 is 0. The van der Waals surface area contributed by atoms with Crippen LogP contribution in [-0.2, 0) is 10.2 Å². The molecule has 1 saturated heterocycles. The van der Waals surface area contributed by atoms with Gasteiger partial charge in [0.05, 0.1) is 12.0 Å². The number of anilines is 1. The number of piperazine rings is 1. The predicted octanol–water partition coefficient (Wildman–Crippen LogP) is 1.53. The van der Waals surface area contributed by atoms with Crippen LogP contribution in [0, 0.1) is 17.2 Å². The standard InChI is InChI=1S/C16H24N4O2S/c1-3-19(14-15(2)13-17)23(21,22)20-11-9-18(10-12-20)16-7-5-4-6-8-16/h4-8,15H,3,9-12,14H2,1-2H3. The molecule has 6 nitrogen and oxygen atoms in total. The molecule has 0 amide bonds. The van der Waals surface area contributed by atoms with E-state index in [0.717, 1.165) is 5.69 Å². The van der Waals surface area contributed by atoms with Crippen LogP contribution in [0.1, 0.15) is 13.8 Å². The molecular formula is C16H24N4O2S. The largest absolute Gasteiger partial charge is 0.369 e. The van der Waals surface area contributed by atoms with E-state index in [0.29, 0.717) is 32.7 Å². The number of hydrogen-bond acceptors (Lipinski definition) is 4. The number of hydrogen-bond donors (Lipinski definition) is 0. The Hall–Kier alpha value is -1.62. The average molecular weight is 336 g/mol. The molecule has 7 heteroatoms. The molecule has 0 N–H and O–H groups in total. The molecule has 23 heavy (non-hydrogen) atoms. The van der Waals surface area contributed by atoms with Crippen LogP contribution in [0.5, 0.6) is 0 Å². The summed E-state index contributed by atoms with van der Waals surface area (Å²) in [5.74, 6) is -0.310. The molecule has 0 bridgehead atoms. The van der Waals surface area contributed by atoms with Gasteiger partial charge in [-0.1, -0.05) is 25.1 Å². The van der Waals surface area contributed by atoms with E-state index in [1.165, 1.54) is 8.61 Å². The van der Waals surface area contributed by atoms with Gasteiger partial charge in [0.15, 0.2) is 0 Å². The van der Waals surface area contributed by atoms with Gasteiger partial charge >= 0.3 is 0 Å². The van der Waals surface area contributed by atoms with E-state index in [-0.39, 0.29) is 12.5 Å². The maximum absolute atomic E-state index is 12.7. The highest BCUT2D eigenvalue weighted by molar-refractivity contribution is 7.86. The molecule has 1 atom stereocenters. The van der Waals surface area contributed by atoms with E-state index in [9.17, 15) is 8.42 Å². The minimum Gasteiger partial charge on any atom is -0.369 e.